The van der Waals surface area contributed by atoms with E-state index in [0.717, 1.165) is 21.3 Å². The maximum atomic E-state index is 10.8. The summed E-state index contributed by atoms with van der Waals surface area (Å²) in [6.45, 7) is 0.765. The first-order chi connectivity index (χ1) is 9.60. The van der Waals surface area contributed by atoms with Crippen LogP contribution in [0.1, 0.15) is 21.5 Å². The average Bonchev–Trinajstić information content (AvgIpc) is 2.46. The quantitative estimate of drug-likeness (QED) is 0.880. The van der Waals surface area contributed by atoms with Crippen LogP contribution < -0.4 is 10.5 Å². The van der Waals surface area contributed by atoms with Crippen molar-refractivity contribution in [3.63, 3.8) is 0 Å². The van der Waals surface area contributed by atoms with Crippen LogP contribution in [0.4, 0.5) is 0 Å². The molecule has 0 aliphatic rings. The van der Waals surface area contributed by atoms with E-state index in [9.17, 15) is 4.79 Å². The van der Waals surface area contributed by atoms with Crippen LogP contribution in [0.15, 0.2) is 46.9 Å². The molecular weight excluding hydrogens is 322 g/mol. The molecule has 0 spiro atoms. The summed E-state index contributed by atoms with van der Waals surface area (Å²) in [6.07, 6.45) is 0. The van der Waals surface area contributed by atoms with Crippen molar-refractivity contribution < 1.29 is 14.6 Å². The van der Waals surface area contributed by atoms with E-state index in [2.05, 4.69) is 15.9 Å². The van der Waals surface area contributed by atoms with Crippen LogP contribution in [-0.2, 0) is 13.2 Å². The van der Waals surface area contributed by atoms with Gasteiger partial charge < -0.3 is 15.6 Å². The van der Waals surface area contributed by atoms with E-state index in [1.165, 1.54) is 0 Å². The van der Waals surface area contributed by atoms with Gasteiger partial charge in [-0.25, -0.2) is 4.79 Å². The SMILES string of the molecule is NCc1cc(Br)ccc1OCc1ccc(C(=O)O)cc1. The second kappa shape index (κ2) is 6.54. The standard InChI is InChI=1S/C15H14BrNO3/c16-13-5-6-14(12(7-13)8-17)20-9-10-1-3-11(4-2-10)15(18)19/h1-7H,8-9,17H2,(H,18,19). The molecule has 0 saturated heterocycles. The first-order valence-corrected chi connectivity index (χ1v) is 6.83. The number of carboxylic acid groups (broad SMARTS) is 1. The number of rotatable bonds is 5. The van der Waals surface area contributed by atoms with Gasteiger partial charge in [0.15, 0.2) is 0 Å². The van der Waals surface area contributed by atoms with E-state index < -0.39 is 5.97 Å². The third-order valence-electron chi connectivity index (χ3n) is 2.84. The highest BCUT2D eigenvalue weighted by Crippen LogP contribution is 2.23. The topological polar surface area (TPSA) is 72.5 Å². The molecule has 2 rings (SSSR count). The van der Waals surface area contributed by atoms with Gasteiger partial charge in [0.05, 0.1) is 5.56 Å². The zero-order valence-corrected chi connectivity index (χ0v) is 12.3. The number of carboxylic acids is 1. The van der Waals surface area contributed by atoms with Crippen LogP contribution in [-0.4, -0.2) is 11.1 Å². The first kappa shape index (κ1) is 14.6. The molecule has 4 nitrogen and oxygen atoms in total. The van der Waals surface area contributed by atoms with Crippen LogP contribution >= 0.6 is 15.9 Å². The molecule has 0 aliphatic carbocycles. The number of nitrogens with two attached hydrogens (primary N) is 1. The average molecular weight is 336 g/mol. The summed E-state index contributed by atoms with van der Waals surface area (Å²) in [7, 11) is 0. The predicted octanol–water partition coefficient (Wildman–Crippen LogP) is 3.19. The molecule has 0 aromatic heterocycles. The van der Waals surface area contributed by atoms with Crippen molar-refractivity contribution in [1.29, 1.82) is 0 Å². The second-order valence-electron chi connectivity index (χ2n) is 4.25. The van der Waals surface area contributed by atoms with E-state index in [-0.39, 0.29) is 5.56 Å². The largest absolute Gasteiger partial charge is 0.489 e. The zero-order chi connectivity index (χ0) is 14.5. The lowest BCUT2D eigenvalue weighted by atomic mass is 10.1. The number of hydrogen-bond donors (Lipinski definition) is 2. The highest BCUT2D eigenvalue weighted by molar-refractivity contribution is 9.10. The first-order valence-electron chi connectivity index (χ1n) is 6.03. The van der Waals surface area contributed by atoms with E-state index in [4.69, 9.17) is 15.6 Å². The highest BCUT2D eigenvalue weighted by atomic mass is 79.9. The van der Waals surface area contributed by atoms with Crippen LogP contribution in [0, 0.1) is 0 Å². The summed E-state index contributed by atoms with van der Waals surface area (Å²) in [5.74, 6) is -0.200. The fourth-order valence-electron chi connectivity index (χ4n) is 1.75. The highest BCUT2D eigenvalue weighted by Gasteiger charge is 2.05. The van der Waals surface area contributed by atoms with Gasteiger partial charge in [-0.2, -0.15) is 0 Å². The molecule has 0 unspecified atom stereocenters. The molecule has 0 amide bonds. The van der Waals surface area contributed by atoms with Gasteiger partial charge in [0.1, 0.15) is 12.4 Å². The zero-order valence-electron chi connectivity index (χ0n) is 10.7. The third kappa shape index (κ3) is 3.59. The molecule has 0 saturated carbocycles. The van der Waals surface area contributed by atoms with Gasteiger partial charge in [0.2, 0.25) is 0 Å². The molecule has 2 aromatic rings. The normalized spacial score (nSPS) is 10.3. The molecule has 3 N–H and O–H groups in total. The monoisotopic (exact) mass is 335 g/mol. The molecular formula is C15H14BrNO3. The number of benzene rings is 2. The van der Waals surface area contributed by atoms with Gasteiger partial charge >= 0.3 is 5.97 Å². The third-order valence-corrected chi connectivity index (χ3v) is 3.33. The Kier molecular flexibility index (Phi) is 4.76. The lowest BCUT2D eigenvalue weighted by Crippen LogP contribution is -2.03. The summed E-state index contributed by atoms with van der Waals surface area (Å²) in [6, 6.07) is 12.3. The van der Waals surface area contributed by atoms with Crippen molar-refractivity contribution in [1.82, 2.24) is 0 Å². The Balaban J connectivity index is 2.06. The number of carbonyl (C=O) groups is 1. The number of halogens is 1. The van der Waals surface area contributed by atoms with Crippen LogP contribution in [0.25, 0.3) is 0 Å². The molecule has 104 valence electrons. The summed E-state index contributed by atoms with van der Waals surface area (Å²) in [5.41, 5.74) is 7.76. The Morgan fingerprint density at radius 2 is 1.90 bits per heavy atom. The summed E-state index contributed by atoms with van der Waals surface area (Å²) >= 11 is 3.39. The van der Waals surface area contributed by atoms with Gasteiger partial charge in [0, 0.05) is 16.6 Å². The summed E-state index contributed by atoms with van der Waals surface area (Å²) < 4.78 is 6.68. The van der Waals surface area contributed by atoms with Gasteiger partial charge in [-0.3, -0.25) is 0 Å². The van der Waals surface area contributed by atoms with Crippen molar-refractivity contribution in [2.24, 2.45) is 5.73 Å². The molecule has 0 atom stereocenters. The Morgan fingerprint density at radius 3 is 2.50 bits per heavy atom. The predicted molar refractivity (Wildman–Crippen MR) is 79.8 cm³/mol. The maximum absolute atomic E-state index is 10.8. The fourth-order valence-corrected chi connectivity index (χ4v) is 2.16. The molecule has 0 fully saturated rings. The van der Waals surface area contributed by atoms with E-state index in [1.54, 1.807) is 24.3 Å². The van der Waals surface area contributed by atoms with E-state index in [1.807, 2.05) is 18.2 Å². The smallest absolute Gasteiger partial charge is 0.335 e. The lowest BCUT2D eigenvalue weighted by molar-refractivity contribution is 0.0697. The molecule has 0 bridgehead atoms. The minimum absolute atomic E-state index is 0.264. The molecule has 2 aromatic carbocycles. The minimum Gasteiger partial charge on any atom is -0.489 e. The number of hydrogen-bond acceptors (Lipinski definition) is 3. The summed E-state index contributed by atoms with van der Waals surface area (Å²) in [4.78, 5) is 10.8. The molecule has 0 radical (unpaired) electrons. The van der Waals surface area contributed by atoms with Gasteiger partial charge in [0.25, 0.3) is 0 Å². The number of aromatic carboxylic acids is 1. The maximum Gasteiger partial charge on any atom is 0.335 e. The second-order valence-corrected chi connectivity index (χ2v) is 5.16. The molecule has 0 aliphatic heterocycles. The van der Waals surface area contributed by atoms with Crippen molar-refractivity contribution >= 4 is 21.9 Å². The fraction of sp³-hybridized carbons (Fsp3) is 0.133. The van der Waals surface area contributed by atoms with Crippen molar-refractivity contribution in [3.05, 3.63) is 63.6 Å². The van der Waals surface area contributed by atoms with Gasteiger partial charge in [-0.05, 0) is 35.9 Å². The van der Waals surface area contributed by atoms with E-state index >= 15 is 0 Å². The number of ether oxygens (including phenoxy) is 1. The molecule has 0 heterocycles. The Bertz CT molecular complexity index is 611. The van der Waals surface area contributed by atoms with Gasteiger partial charge in [-0.1, -0.05) is 28.1 Å². The van der Waals surface area contributed by atoms with Crippen molar-refractivity contribution in [2.45, 2.75) is 13.2 Å². The molecule has 20 heavy (non-hydrogen) atoms. The minimum atomic E-state index is -0.934. The summed E-state index contributed by atoms with van der Waals surface area (Å²) in [5, 5.41) is 8.83. The van der Waals surface area contributed by atoms with Gasteiger partial charge in [-0.15, -0.1) is 0 Å². The van der Waals surface area contributed by atoms with Crippen molar-refractivity contribution in [3.8, 4) is 5.75 Å². The van der Waals surface area contributed by atoms with Crippen LogP contribution in [0.2, 0.25) is 0 Å². The lowest BCUT2D eigenvalue weighted by Gasteiger charge is -2.11. The van der Waals surface area contributed by atoms with E-state index in [0.29, 0.717) is 13.2 Å². The van der Waals surface area contributed by atoms with Crippen molar-refractivity contribution in [2.75, 3.05) is 0 Å². The van der Waals surface area contributed by atoms with Crippen LogP contribution in [0.5, 0.6) is 5.75 Å². The molecule has 5 heteroatoms. The Labute approximate surface area is 125 Å². The Hall–Kier alpha value is -1.85. The van der Waals surface area contributed by atoms with Crippen LogP contribution in [0.3, 0.4) is 0 Å². The Morgan fingerprint density at radius 1 is 1.20 bits per heavy atom.